The van der Waals surface area contributed by atoms with Gasteiger partial charge in [0.1, 0.15) is 0 Å². The van der Waals surface area contributed by atoms with Crippen LogP contribution in [0.3, 0.4) is 0 Å². The number of aryl methyl sites for hydroxylation is 1. The zero-order valence-electron chi connectivity index (χ0n) is 11.7. The van der Waals surface area contributed by atoms with Gasteiger partial charge in [-0.3, -0.25) is 0 Å². The number of nitrogens with one attached hydrogen (secondary N) is 1. The van der Waals surface area contributed by atoms with E-state index in [1.807, 2.05) is 0 Å². The first kappa shape index (κ1) is 13.6. The third kappa shape index (κ3) is 3.56. The standard InChI is InChI=1S/C16H25NO/c1-14-4-6-15(7-5-14)12-16(8-3-9-16)13-17-10-11-18-2/h4-7,17H,3,8-13H2,1-2H3. The minimum absolute atomic E-state index is 0.503. The fraction of sp³-hybridized carbons (Fsp3) is 0.625. The Hall–Kier alpha value is -0.860. The fourth-order valence-corrected chi connectivity index (χ4v) is 2.76. The molecule has 1 N–H and O–H groups in total. The first-order valence-electron chi connectivity index (χ1n) is 6.99. The van der Waals surface area contributed by atoms with Crippen molar-refractivity contribution in [3.63, 3.8) is 0 Å². The van der Waals surface area contributed by atoms with Gasteiger partial charge in [0, 0.05) is 20.2 Å². The summed E-state index contributed by atoms with van der Waals surface area (Å²) in [4.78, 5) is 0. The second kappa shape index (κ2) is 6.35. The van der Waals surface area contributed by atoms with Gasteiger partial charge in [0.15, 0.2) is 0 Å². The minimum Gasteiger partial charge on any atom is -0.383 e. The molecular formula is C16H25NO. The summed E-state index contributed by atoms with van der Waals surface area (Å²) in [6, 6.07) is 9.01. The molecule has 1 fully saturated rings. The Morgan fingerprint density at radius 2 is 1.94 bits per heavy atom. The van der Waals surface area contributed by atoms with Crippen molar-refractivity contribution in [2.75, 3.05) is 26.8 Å². The van der Waals surface area contributed by atoms with Gasteiger partial charge in [0.25, 0.3) is 0 Å². The molecule has 1 saturated carbocycles. The SMILES string of the molecule is COCCNCC1(Cc2ccc(C)cc2)CCC1. The van der Waals surface area contributed by atoms with Gasteiger partial charge in [-0.05, 0) is 37.2 Å². The van der Waals surface area contributed by atoms with Crippen molar-refractivity contribution < 1.29 is 4.74 Å². The van der Waals surface area contributed by atoms with Crippen LogP contribution in [0.5, 0.6) is 0 Å². The van der Waals surface area contributed by atoms with Gasteiger partial charge in [0.05, 0.1) is 6.61 Å². The van der Waals surface area contributed by atoms with Gasteiger partial charge >= 0.3 is 0 Å². The molecule has 0 aromatic heterocycles. The van der Waals surface area contributed by atoms with Gasteiger partial charge in [-0.25, -0.2) is 0 Å². The summed E-state index contributed by atoms with van der Waals surface area (Å²) >= 11 is 0. The average Bonchev–Trinajstić information content (AvgIpc) is 2.34. The van der Waals surface area contributed by atoms with Gasteiger partial charge in [-0.1, -0.05) is 36.2 Å². The predicted molar refractivity (Wildman–Crippen MR) is 75.9 cm³/mol. The van der Waals surface area contributed by atoms with Crippen LogP contribution in [0.1, 0.15) is 30.4 Å². The van der Waals surface area contributed by atoms with Crippen LogP contribution in [0.15, 0.2) is 24.3 Å². The Labute approximate surface area is 111 Å². The van der Waals surface area contributed by atoms with E-state index in [4.69, 9.17) is 4.74 Å². The number of methoxy groups -OCH3 is 1. The molecule has 0 spiro atoms. The Balaban J connectivity index is 1.85. The van der Waals surface area contributed by atoms with Crippen LogP contribution in [0.4, 0.5) is 0 Å². The molecule has 100 valence electrons. The van der Waals surface area contributed by atoms with E-state index in [1.54, 1.807) is 7.11 Å². The predicted octanol–water partition coefficient (Wildman–Crippen LogP) is 2.94. The first-order chi connectivity index (χ1) is 8.74. The third-order valence-corrected chi connectivity index (χ3v) is 4.10. The van der Waals surface area contributed by atoms with E-state index in [0.717, 1.165) is 19.7 Å². The lowest BCUT2D eigenvalue weighted by molar-refractivity contribution is 0.123. The van der Waals surface area contributed by atoms with Crippen molar-refractivity contribution in [1.82, 2.24) is 5.32 Å². The summed E-state index contributed by atoms with van der Waals surface area (Å²) in [6.07, 6.45) is 5.33. The molecule has 0 heterocycles. The molecule has 0 saturated heterocycles. The molecule has 2 heteroatoms. The number of hydrogen-bond acceptors (Lipinski definition) is 2. The highest BCUT2D eigenvalue weighted by molar-refractivity contribution is 5.23. The van der Waals surface area contributed by atoms with E-state index in [2.05, 4.69) is 36.5 Å². The van der Waals surface area contributed by atoms with E-state index < -0.39 is 0 Å². The molecule has 0 atom stereocenters. The fourth-order valence-electron chi connectivity index (χ4n) is 2.76. The maximum atomic E-state index is 5.08. The molecule has 0 amide bonds. The summed E-state index contributed by atoms with van der Waals surface area (Å²) in [5.41, 5.74) is 3.33. The van der Waals surface area contributed by atoms with Crippen molar-refractivity contribution >= 4 is 0 Å². The molecule has 1 aromatic carbocycles. The molecule has 1 aromatic rings. The maximum absolute atomic E-state index is 5.08. The summed E-state index contributed by atoms with van der Waals surface area (Å²) in [7, 11) is 1.76. The van der Waals surface area contributed by atoms with Crippen LogP contribution < -0.4 is 5.32 Å². The van der Waals surface area contributed by atoms with E-state index >= 15 is 0 Å². The largest absolute Gasteiger partial charge is 0.383 e. The van der Waals surface area contributed by atoms with Gasteiger partial charge in [-0.2, -0.15) is 0 Å². The summed E-state index contributed by atoms with van der Waals surface area (Å²) in [6.45, 7) is 5.05. The first-order valence-corrected chi connectivity index (χ1v) is 6.99. The van der Waals surface area contributed by atoms with Crippen LogP contribution in [0.2, 0.25) is 0 Å². The zero-order chi connectivity index (χ0) is 12.8. The topological polar surface area (TPSA) is 21.3 Å². The molecule has 0 bridgehead atoms. The van der Waals surface area contributed by atoms with Crippen LogP contribution in [-0.4, -0.2) is 26.8 Å². The maximum Gasteiger partial charge on any atom is 0.0587 e. The molecule has 2 nitrogen and oxygen atoms in total. The highest BCUT2D eigenvalue weighted by Crippen LogP contribution is 2.43. The normalized spacial score (nSPS) is 17.4. The summed E-state index contributed by atoms with van der Waals surface area (Å²) in [5, 5.41) is 3.54. The van der Waals surface area contributed by atoms with Crippen molar-refractivity contribution in [3.8, 4) is 0 Å². The van der Waals surface area contributed by atoms with Crippen LogP contribution >= 0.6 is 0 Å². The second-order valence-electron chi connectivity index (χ2n) is 5.69. The second-order valence-corrected chi connectivity index (χ2v) is 5.69. The van der Waals surface area contributed by atoms with Crippen LogP contribution in [0, 0.1) is 12.3 Å². The molecule has 1 aliphatic rings. The van der Waals surface area contributed by atoms with E-state index in [9.17, 15) is 0 Å². The number of benzene rings is 1. The smallest absolute Gasteiger partial charge is 0.0587 e. The average molecular weight is 247 g/mol. The summed E-state index contributed by atoms with van der Waals surface area (Å²) in [5.74, 6) is 0. The molecule has 0 radical (unpaired) electrons. The van der Waals surface area contributed by atoms with Crippen LogP contribution in [-0.2, 0) is 11.2 Å². The molecule has 18 heavy (non-hydrogen) atoms. The molecule has 1 aliphatic carbocycles. The summed E-state index contributed by atoms with van der Waals surface area (Å²) < 4.78 is 5.08. The van der Waals surface area contributed by atoms with Gasteiger partial charge < -0.3 is 10.1 Å². The highest BCUT2D eigenvalue weighted by atomic mass is 16.5. The monoisotopic (exact) mass is 247 g/mol. The number of rotatable bonds is 7. The van der Waals surface area contributed by atoms with Gasteiger partial charge in [0.2, 0.25) is 0 Å². The van der Waals surface area contributed by atoms with E-state index in [-0.39, 0.29) is 0 Å². The molecule has 0 aliphatic heterocycles. The van der Waals surface area contributed by atoms with Gasteiger partial charge in [-0.15, -0.1) is 0 Å². The molecular weight excluding hydrogens is 222 g/mol. The quantitative estimate of drug-likeness (QED) is 0.748. The third-order valence-electron chi connectivity index (χ3n) is 4.10. The number of ether oxygens (including phenoxy) is 1. The van der Waals surface area contributed by atoms with Crippen molar-refractivity contribution in [3.05, 3.63) is 35.4 Å². The van der Waals surface area contributed by atoms with Crippen molar-refractivity contribution in [2.45, 2.75) is 32.6 Å². The Kier molecular flexibility index (Phi) is 4.79. The van der Waals surface area contributed by atoms with E-state index in [0.29, 0.717) is 5.41 Å². The number of hydrogen-bond donors (Lipinski definition) is 1. The van der Waals surface area contributed by atoms with Crippen molar-refractivity contribution in [1.29, 1.82) is 0 Å². The van der Waals surface area contributed by atoms with Crippen LogP contribution in [0.25, 0.3) is 0 Å². The molecule has 2 rings (SSSR count). The van der Waals surface area contributed by atoms with E-state index in [1.165, 1.54) is 36.8 Å². The zero-order valence-corrected chi connectivity index (χ0v) is 11.7. The highest BCUT2D eigenvalue weighted by Gasteiger charge is 2.36. The minimum atomic E-state index is 0.503. The lowest BCUT2D eigenvalue weighted by Crippen LogP contribution is -2.42. The Morgan fingerprint density at radius 3 is 2.50 bits per heavy atom. The lowest BCUT2D eigenvalue weighted by atomic mass is 9.65. The molecule has 0 unspecified atom stereocenters. The lowest BCUT2D eigenvalue weighted by Gasteiger charge is -2.42. The Bertz CT molecular complexity index is 354. The Morgan fingerprint density at radius 1 is 1.22 bits per heavy atom. The van der Waals surface area contributed by atoms with Crippen molar-refractivity contribution in [2.24, 2.45) is 5.41 Å².